The molecule has 0 saturated heterocycles. The second-order valence-electron chi connectivity index (χ2n) is 6.29. The van der Waals surface area contributed by atoms with Crippen molar-refractivity contribution >= 4 is 34.0 Å². The predicted molar refractivity (Wildman–Crippen MR) is 113 cm³/mol. The molecule has 0 spiro atoms. The molecule has 5 aromatic heterocycles. The molecule has 5 aromatic rings. The average Bonchev–Trinajstić information content (AvgIpc) is 3.29. The van der Waals surface area contributed by atoms with Gasteiger partial charge in [0.15, 0.2) is 0 Å². The predicted octanol–water partition coefficient (Wildman–Crippen LogP) is 5.47. The van der Waals surface area contributed by atoms with Gasteiger partial charge in [-0.25, -0.2) is 9.97 Å². The van der Waals surface area contributed by atoms with Crippen molar-refractivity contribution in [2.45, 2.75) is 0 Å². The first-order valence-corrected chi connectivity index (χ1v) is 9.85. The molecule has 0 amide bonds. The van der Waals surface area contributed by atoms with Crippen LogP contribution in [0.4, 0.5) is 0 Å². The van der Waals surface area contributed by atoms with Crippen molar-refractivity contribution < 1.29 is 0 Å². The molecule has 0 aliphatic carbocycles. The van der Waals surface area contributed by atoms with Crippen LogP contribution in [-0.4, -0.2) is 24.5 Å². The number of rotatable bonds is 3. The zero-order valence-electron chi connectivity index (χ0n) is 14.9. The van der Waals surface area contributed by atoms with Crippen LogP contribution in [-0.2, 0) is 7.05 Å². The summed E-state index contributed by atoms with van der Waals surface area (Å²) in [5.74, 6) is 0. The van der Waals surface area contributed by atoms with Crippen LogP contribution in [0.5, 0.6) is 0 Å². The Bertz CT molecular complexity index is 1280. The molecule has 0 aromatic carbocycles. The summed E-state index contributed by atoms with van der Waals surface area (Å²) < 4.78 is 2.05. The molecular formula is C21H14ClN5S. The van der Waals surface area contributed by atoms with Crippen molar-refractivity contribution in [2.24, 2.45) is 7.05 Å². The van der Waals surface area contributed by atoms with Gasteiger partial charge in [-0.3, -0.25) is 9.97 Å². The Kier molecular flexibility index (Phi) is 4.15. The van der Waals surface area contributed by atoms with E-state index in [1.54, 1.807) is 18.6 Å². The Balaban J connectivity index is 1.61. The number of fused-ring (bicyclic) bond motifs is 1. The van der Waals surface area contributed by atoms with Gasteiger partial charge in [-0.1, -0.05) is 17.7 Å². The van der Waals surface area contributed by atoms with Gasteiger partial charge in [0.2, 0.25) is 0 Å². The van der Waals surface area contributed by atoms with Crippen LogP contribution in [0.3, 0.4) is 0 Å². The minimum atomic E-state index is 0.454. The summed E-state index contributed by atoms with van der Waals surface area (Å²) in [7, 11) is 2.00. The Labute approximate surface area is 170 Å². The fourth-order valence-electron chi connectivity index (χ4n) is 3.16. The molecule has 28 heavy (non-hydrogen) atoms. The molecule has 136 valence electrons. The van der Waals surface area contributed by atoms with Gasteiger partial charge in [-0.15, -0.1) is 11.3 Å². The molecule has 0 unspecified atom stereocenters. The smallest absolute Gasteiger partial charge is 0.150 e. The highest BCUT2D eigenvalue weighted by Gasteiger charge is 2.16. The van der Waals surface area contributed by atoms with Crippen LogP contribution in [0.15, 0.2) is 67.1 Å². The van der Waals surface area contributed by atoms with Crippen LogP contribution in [0.25, 0.3) is 43.6 Å². The third kappa shape index (κ3) is 2.87. The van der Waals surface area contributed by atoms with Gasteiger partial charge >= 0.3 is 0 Å². The van der Waals surface area contributed by atoms with Crippen molar-refractivity contribution in [3.05, 3.63) is 72.3 Å². The molecule has 5 nitrogen and oxygen atoms in total. The molecule has 0 saturated carbocycles. The van der Waals surface area contributed by atoms with E-state index in [-0.39, 0.29) is 0 Å². The molecule has 0 fully saturated rings. The van der Waals surface area contributed by atoms with E-state index in [1.165, 1.54) is 11.3 Å². The highest BCUT2D eigenvalue weighted by molar-refractivity contribution is 7.19. The van der Waals surface area contributed by atoms with E-state index in [4.69, 9.17) is 16.6 Å². The lowest BCUT2D eigenvalue weighted by Crippen LogP contribution is -1.95. The summed E-state index contributed by atoms with van der Waals surface area (Å²) in [5.41, 5.74) is 4.56. The molecule has 0 aliphatic rings. The quantitative estimate of drug-likeness (QED) is 0.400. The highest BCUT2D eigenvalue weighted by atomic mass is 35.5. The van der Waals surface area contributed by atoms with Gasteiger partial charge in [0.1, 0.15) is 15.8 Å². The maximum absolute atomic E-state index is 6.44. The maximum Gasteiger partial charge on any atom is 0.150 e. The van der Waals surface area contributed by atoms with E-state index < -0.39 is 0 Å². The summed E-state index contributed by atoms with van der Waals surface area (Å²) in [4.78, 5) is 18.8. The second kappa shape index (κ2) is 6.82. The number of nitrogens with zero attached hydrogens (tertiary/aromatic N) is 5. The topological polar surface area (TPSA) is 56.5 Å². The van der Waals surface area contributed by atoms with Gasteiger partial charge in [0.05, 0.1) is 22.0 Å². The molecule has 7 heteroatoms. The van der Waals surface area contributed by atoms with Crippen molar-refractivity contribution in [1.82, 2.24) is 24.5 Å². The summed E-state index contributed by atoms with van der Waals surface area (Å²) in [6, 6.07) is 15.9. The highest BCUT2D eigenvalue weighted by Crippen LogP contribution is 2.38. The van der Waals surface area contributed by atoms with Gasteiger partial charge in [-0.2, -0.15) is 0 Å². The SMILES string of the molecule is Cn1c(-c2ccccn2)cc2ccc(-c3sc(-c4cccnc4)nc3Cl)nc21. The van der Waals surface area contributed by atoms with Crippen LogP contribution in [0.2, 0.25) is 5.15 Å². The first-order valence-electron chi connectivity index (χ1n) is 8.66. The van der Waals surface area contributed by atoms with Crippen molar-refractivity contribution in [1.29, 1.82) is 0 Å². The Morgan fingerprint density at radius 3 is 2.68 bits per heavy atom. The third-order valence-corrected chi connectivity index (χ3v) is 6.04. The summed E-state index contributed by atoms with van der Waals surface area (Å²) in [6.45, 7) is 0. The number of hydrogen-bond donors (Lipinski definition) is 0. The molecule has 0 radical (unpaired) electrons. The van der Waals surface area contributed by atoms with Crippen molar-refractivity contribution in [3.63, 3.8) is 0 Å². The number of thiazole rings is 1. The molecule has 5 rings (SSSR count). The Morgan fingerprint density at radius 2 is 1.89 bits per heavy atom. The van der Waals surface area contributed by atoms with E-state index in [9.17, 15) is 0 Å². The van der Waals surface area contributed by atoms with Gasteiger partial charge in [0, 0.05) is 36.6 Å². The number of halogens is 1. The van der Waals surface area contributed by atoms with E-state index in [0.717, 1.165) is 43.6 Å². The summed E-state index contributed by atoms with van der Waals surface area (Å²) >= 11 is 7.96. The van der Waals surface area contributed by atoms with Crippen LogP contribution in [0, 0.1) is 0 Å². The zero-order chi connectivity index (χ0) is 19.1. The largest absolute Gasteiger partial charge is 0.327 e. The van der Waals surface area contributed by atoms with Crippen LogP contribution < -0.4 is 0 Å². The van der Waals surface area contributed by atoms with E-state index >= 15 is 0 Å². The van der Waals surface area contributed by atoms with E-state index in [1.807, 2.05) is 43.4 Å². The number of aryl methyl sites for hydroxylation is 1. The summed E-state index contributed by atoms with van der Waals surface area (Å²) in [5, 5.41) is 2.34. The fraction of sp³-hybridized carbons (Fsp3) is 0.0476. The first-order chi connectivity index (χ1) is 13.7. The molecule has 0 N–H and O–H groups in total. The summed E-state index contributed by atoms with van der Waals surface area (Å²) in [6.07, 6.45) is 5.32. The monoisotopic (exact) mass is 403 g/mol. The van der Waals surface area contributed by atoms with Crippen molar-refractivity contribution in [2.75, 3.05) is 0 Å². The van der Waals surface area contributed by atoms with Gasteiger partial charge in [0.25, 0.3) is 0 Å². The number of pyridine rings is 3. The van der Waals surface area contributed by atoms with E-state index in [2.05, 4.69) is 31.7 Å². The van der Waals surface area contributed by atoms with Crippen LogP contribution >= 0.6 is 22.9 Å². The second-order valence-corrected chi connectivity index (χ2v) is 7.65. The van der Waals surface area contributed by atoms with Crippen LogP contribution in [0.1, 0.15) is 0 Å². The normalized spacial score (nSPS) is 11.2. The number of aromatic nitrogens is 5. The lowest BCUT2D eigenvalue weighted by atomic mass is 10.2. The lowest BCUT2D eigenvalue weighted by molar-refractivity contribution is 0.951. The molecular weight excluding hydrogens is 390 g/mol. The minimum absolute atomic E-state index is 0.454. The van der Waals surface area contributed by atoms with Crippen molar-refractivity contribution in [3.8, 4) is 32.5 Å². The van der Waals surface area contributed by atoms with Gasteiger partial charge < -0.3 is 4.57 Å². The standard InChI is InChI=1S/C21H14ClN5S/c1-27-17(15-6-2-3-10-24-15)11-13-7-8-16(25-20(13)27)18-19(22)26-21(28-18)14-5-4-9-23-12-14/h2-12H,1H3. The minimum Gasteiger partial charge on any atom is -0.327 e. The van der Waals surface area contributed by atoms with Gasteiger partial charge in [-0.05, 0) is 42.5 Å². The maximum atomic E-state index is 6.44. The number of hydrogen-bond acceptors (Lipinski definition) is 5. The third-order valence-electron chi connectivity index (χ3n) is 4.53. The van der Waals surface area contributed by atoms with E-state index in [0.29, 0.717) is 5.15 Å². The fourth-order valence-corrected chi connectivity index (χ4v) is 4.42. The molecule has 0 aliphatic heterocycles. The molecule has 0 bridgehead atoms. The molecule has 0 atom stereocenters. The average molecular weight is 404 g/mol. The lowest BCUT2D eigenvalue weighted by Gasteiger charge is -2.03. The first kappa shape index (κ1) is 17.0. The zero-order valence-corrected chi connectivity index (χ0v) is 16.4. The molecule has 5 heterocycles. The Hall–Kier alpha value is -3.09. The Morgan fingerprint density at radius 1 is 0.964 bits per heavy atom.